The van der Waals surface area contributed by atoms with Gasteiger partial charge in [0.05, 0.1) is 11.6 Å². The van der Waals surface area contributed by atoms with E-state index in [1.54, 1.807) is 6.20 Å². The molecule has 2 aromatic rings. The zero-order valence-electron chi connectivity index (χ0n) is 16.4. The second-order valence-electron chi connectivity index (χ2n) is 8.29. The van der Waals surface area contributed by atoms with Crippen molar-refractivity contribution in [1.29, 1.82) is 0 Å². The molecule has 2 atom stereocenters. The molecule has 4 heterocycles. The summed E-state index contributed by atoms with van der Waals surface area (Å²) in [6.07, 6.45) is 10.3. The van der Waals surface area contributed by atoms with Crippen LogP contribution < -0.4 is 4.90 Å². The van der Waals surface area contributed by atoms with Gasteiger partial charge in [0, 0.05) is 37.3 Å². The lowest BCUT2D eigenvalue weighted by Crippen LogP contribution is -2.47. The molecule has 146 valence electrons. The number of rotatable bonds is 4. The summed E-state index contributed by atoms with van der Waals surface area (Å²) < 4.78 is 0. The van der Waals surface area contributed by atoms with Crippen molar-refractivity contribution in [1.82, 2.24) is 15.0 Å². The monoisotopic (exact) mass is 377 g/mol. The lowest BCUT2D eigenvalue weighted by molar-refractivity contribution is -0.121. The van der Waals surface area contributed by atoms with E-state index in [0.717, 1.165) is 35.9 Å². The summed E-state index contributed by atoms with van der Waals surface area (Å²) in [6.45, 7) is 3.53. The normalized spacial score (nSPS) is 24.8. The number of hydrogen-bond acceptors (Lipinski definition) is 4. The van der Waals surface area contributed by atoms with Crippen LogP contribution in [0.15, 0.2) is 29.5 Å². The number of nitrogens with one attached hydrogen (secondary N) is 1. The summed E-state index contributed by atoms with van der Waals surface area (Å²) in [6, 6.07) is 4.05. The van der Waals surface area contributed by atoms with Crippen LogP contribution in [0.3, 0.4) is 0 Å². The van der Waals surface area contributed by atoms with E-state index in [2.05, 4.69) is 23.0 Å². The topological polar surface area (TPSA) is 74.2 Å². The molecule has 2 aliphatic heterocycles. The Bertz CT molecular complexity index is 897. The van der Waals surface area contributed by atoms with E-state index in [9.17, 15) is 4.79 Å². The number of carbonyl (C=O) groups excluding carboxylic acids is 1. The number of amides is 1. The van der Waals surface area contributed by atoms with E-state index in [1.165, 1.54) is 31.2 Å². The number of H-pyrrole nitrogens is 1. The number of anilines is 1. The number of pyridine rings is 1. The van der Waals surface area contributed by atoms with E-state index in [-0.39, 0.29) is 17.7 Å². The van der Waals surface area contributed by atoms with Gasteiger partial charge in [-0.15, -0.1) is 0 Å². The molecule has 0 bridgehead atoms. The SMILES string of the molecule is CCCN1C(=O)C2CC(c3cccnc3)CN=C2c2[nH]c(C3CCCC3)nc21. The predicted molar refractivity (Wildman–Crippen MR) is 109 cm³/mol. The fourth-order valence-electron chi connectivity index (χ4n) is 5.00. The Kier molecular flexibility index (Phi) is 4.49. The van der Waals surface area contributed by atoms with E-state index in [1.807, 2.05) is 17.2 Å². The van der Waals surface area contributed by atoms with Crippen LogP contribution in [-0.2, 0) is 4.79 Å². The van der Waals surface area contributed by atoms with Crippen molar-refractivity contribution in [3.63, 3.8) is 0 Å². The first-order valence-electron chi connectivity index (χ1n) is 10.6. The van der Waals surface area contributed by atoms with Crippen LogP contribution in [0.4, 0.5) is 5.82 Å². The fourth-order valence-corrected chi connectivity index (χ4v) is 5.00. The van der Waals surface area contributed by atoms with E-state index >= 15 is 0 Å². The minimum atomic E-state index is -0.185. The Morgan fingerprint density at radius 3 is 2.86 bits per heavy atom. The molecule has 3 aliphatic rings. The third-order valence-corrected chi connectivity index (χ3v) is 6.46. The predicted octanol–water partition coefficient (Wildman–Crippen LogP) is 3.81. The number of hydrogen-bond donors (Lipinski definition) is 1. The number of aromatic amines is 1. The molecule has 2 unspecified atom stereocenters. The van der Waals surface area contributed by atoms with Gasteiger partial charge in [-0.25, -0.2) is 4.98 Å². The lowest BCUT2D eigenvalue weighted by atomic mass is 9.81. The summed E-state index contributed by atoms with van der Waals surface area (Å²) in [5, 5.41) is 0. The summed E-state index contributed by atoms with van der Waals surface area (Å²) in [5.74, 6) is 2.57. The van der Waals surface area contributed by atoms with Crippen LogP contribution >= 0.6 is 0 Å². The zero-order chi connectivity index (χ0) is 19.1. The molecule has 1 amide bonds. The molecule has 1 N–H and O–H groups in total. The number of carbonyl (C=O) groups is 1. The summed E-state index contributed by atoms with van der Waals surface area (Å²) in [7, 11) is 0. The van der Waals surface area contributed by atoms with Gasteiger partial charge < -0.3 is 4.98 Å². The van der Waals surface area contributed by atoms with Gasteiger partial charge >= 0.3 is 0 Å². The van der Waals surface area contributed by atoms with Gasteiger partial charge in [-0.1, -0.05) is 25.8 Å². The molecule has 1 aliphatic carbocycles. The van der Waals surface area contributed by atoms with Gasteiger partial charge in [0.1, 0.15) is 11.5 Å². The molecule has 0 spiro atoms. The molecule has 6 heteroatoms. The summed E-state index contributed by atoms with van der Waals surface area (Å²) in [4.78, 5) is 33.0. The van der Waals surface area contributed by atoms with Gasteiger partial charge in [-0.2, -0.15) is 0 Å². The maximum Gasteiger partial charge on any atom is 0.237 e. The van der Waals surface area contributed by atoms with Gasteiger partial charge in [0.15, 0.2) is 5.82 Å². The fraction of sp³-hybridized carbons (Fsp3) is 0.545. The molecule has 2 aromatic heterocycles. The average Bonchev–Trinajstić information content (AvgIpc) is 3.41. The average molecular weight is 377 g/mol. The Morgan fingerprint density at radius 1 is 1.25 bits per heavy atom. The van der Waals surface area contributed by atoms with Crippen LogP contribution in [0.25, 0.3) is 0 Å². The van der Waals surface area contributed by atoms with Crippen molar-refractivity contribution in [3.05, 3.63) is 41.6 Å². The number of imidazole rings is 1. The highest BCUT2D eigenvalue weighted by Gasteiger charge is 2.43. The van der Waals surface area contributed by atoms with Crippen molar-refractivity contribution in [2.75, 3.05) is 18.0 Å². The zero-order valence-corrected chi connectivity index (χ0v) is 16.4. The van der Waals surface area contributed by atoms with E-state index in [4.69, 9.17) is 9.98 Å². The molecule has 0 aromatic carbocycles. The first-order chi connectivity index (χ1) is 13.8. The van der Waals surface area contributed by atoms with Gasteiger partial charge in [0.2, 0.25) is 5.91 Å². The van der Waals surface area contributed by atoms with Crippen LogP contribution in [0.1, 0.15) is 74.4 Å². The molecule has 1 saturated carbocycles. The largest absolute Gasteiger partial charge is 0.339 e. The minimum absolute atomic E-state index is 0.158. The van der Waals surface area contributed by atoms with Crippen LogP contribution in [0.5, 0.6) is 0 Å². The minimum Gasteiger partial charge on any atom is -0.339 e. The molecule has 0 saturated heterocycles. The molecular formula is C22H27N5O. The summed E-state index contributed by atoms with van der Waals surface area (Å²) >= 11 is 0. The third-order valence-electron chi connectivity index (χ3n) is 6.46. The second kappa shape index (κ2) is 7.15. The molecule has 6 nitrogen and oxygen atoms in total. The molecular weight excluding hydrogens is 350 g/mol. The van der Waals surface area contributed by atoms with Crippen molar-refractivity contribution >= 4 is 17.4 Å². The maximum absolute atomic E-state index is 13.4. The number of aromatic nitrogens is 3. The van der Waals surface area contributed by atoms with Gasteiger partial charge in [0.25, 0.3) is 0 Å². The Hall–Kier alpha value is -2.50. The lowest BCUT2D eigenvalue weighted by Gasteiger charge is -2.36. The second-order valence-corrected chi connectivity index (χ2v) is 8.29. The number of nitrogens with zero attached hydrogens (tertiary/aromatic N) is 4. The van der Waals surface area contributed by atoms with E-state index in [0.29, 0.717) is 19.0 Å². The Balaban J connectivity index is 1.53. The standard InChI is InChI=1S/C22H27N5O/c1-2-10-27-21-19(25-20(26-21)14-6-3-4-7-14)18-17(22(27)28)11-16(13-24-18)15-8-5-9-23-12-15/h5,8-9,12,14,16-17H,2-4,6-7,10-11,13H2,1H3,(H,25,26). The molecule has 0 radical (unpaired) electrons. The number of fused-ring (bicyclic) bond motifs is 3. The van der Waals surface area contributed by atoms with Crippen LogP contribution in [-0.4, -0.2) is 39.7 Å². The van der Waals surface area contributed by atoms with E-state index < -0.39 is 0 Å². The highest BCUT2D eigenvalue weighted by Crippen LogP contribution is 2.40. The van der Waals surface area contributed by atoms with Crippen LogP contribution in [0.2, 0.25) is 0 Å². The van der Waals surface area contributed by atoms with Crippen LogP contribution in [0, 0.1) is 5.92 Å². The van der Waals surface area contributed by atoms with Gasteiger partial charge in [-0.05, 0) is 37.3 Å². The number of aliphatic imine (C=N–C) groups is 1. The van der Waals surface area contributed by atoms with Crippen molar-refractivity contribution < 1.29 is 4.79 Å². The Labute approximate surface area is 165 Å². The first kappa shape index (κ1) is 17.6. The van der Waals surface area contributed by atoms with Gasteiger partial charge in [-0.3, -0.25) is 19.7 Å². The molecule has 28 heavy (non-hydrogen) atoms. The third kappa shape index (κ3) is 2.86. The molecule has 1 fully saturated rings. The van der Waals surface area contributed by atoms with Crippen molar-refractivity contribution in [2.45, 2.75) is 57.3 Å². The van der Waals surface area contributed by atoms with Crippen molar-refractivity contribution in [2.24, 2.45) is 10.9 Å². The summed E-state index contributed by atoms with van der Waals surface area (Å²) in [5.41, 5.74) is 3.08. The quantitative estimate of drug-likeness (QED) is 0.880. The maximum atomic E-state index is 13.4. The van der Waals surface area contributed by atoms with Crippen molar-refractivity contribution in [3.8, 4) is 0 Å². The highest BCUT2D eigenvalue weighted by atomic mass is 16.2. The molecule has 5 rings (SSSR count). The first-order valence-corrected chi connectivity index (χ1v) is 10.6. The highest BCUT2D eigenvalue weighted by molar-refractivity contribution is 6.22. The smallest absolute Gasteiger partial charge is 0.237 e. The Morgan fingerprint density at radius 2 is 2.11 bits per heavy atom.